The number of hydrogen-bond donors (Lipinski definition) is 2. The molecule has 2 N–H and O–H groups in total. The lowest BCUT2D eigenvalue weighted by Crippen LogP contribution is -2.29. The summed E-state index contributed by atoms with van der Waals surface area (Å²) >= 11 is 0. The summed E-state index contributed by atoms with van der Waals surface area (Å²) in [4.78, 5) is 11.0. The molecule has 5 heteroatoms. The number of amides is 2. The number of nitrogens with zero attached hydrogens (tertiary/aromatic N) is 2. The van der Waals surface area contributed by atoms with Crippen LogP contribution in [0, 0.1) is 0 Å². The summed E-state index contributed by atoms with van der Waals surface area (Å²) < 4.78 is 0. The molecule has 0 radical (unpaired) electrons. The third-order valence-corrected chi connectivity index (χ3v) is 1.22. The van der Waals surface area contributed by atoms with Gasteiger partial charge in [-0.25, -0.2) is 4.79 Å². The van der Waals surface area contributed by atoms with Crippen molar-refractivity contribution in [2.45, 2.75) is 0 Å². The van der Waals surface area contributed by atoms with Crippen LogP contribution in [0.4, 0.5) is 10.6 Å². The molecule has 1 aromatic heterocycles. The van der Waals surface area contributed by atoms with Crippen molar-refractivity contribution in [3.63, 3.8) is 0 Å². The summed E-state index contributed by atoms with van der Waals surface area (Å²) in [6.45, 7) is 3.89. The SMILES string of the molecule is C=CCNC(=O)Nc1cccnn1. The van der Waals surface area contributed by atoms with Crippen LogP contribution in [0.1, 0.15) is 0 Å². The molecule has 0 aliphatic carbocycles. The maximum Gasteiger partial charge on any atom is 0.320 e. The van der Waals surface area contributed by atoms with Crippen LogP contribution in [0.2, 0.25) is 0 Å². The molecule has 1 aromatic rings. The maximum atomic E-state index is 11.0. The minimum atomic E-state index is -0.319. The van der Waals surface area contributed by atoms with Gasteiger partial charge in [0, 0.05) is 12.7 Å². The Labute approximate surface area is 75.9 Å². The van der Waals surface area contributed by atoms with Crippen molar-refractivity contribution in [2.75, 3.05) is 11.9 Å². The Morgan fingerprint density at radius 1 is 1.69 bits per heavy atom. The smallest absolute Gasteiger partial charge is 0.320 e. The Hall–Kier alpha value is -1.91. The number of carbonyl (C=O) groups is 1. The molecule has 0 unspecified atom stereocenters. The Morgan fingerprint density at radius 2 is 2.54 bits per heavy atom. The van der Waals surface area contributed by atoms with Crippen molar-refractivity contribution in [3.05, 3.63) is 31.0 Å². The van der Waals surface area contributed by atoms with E-state index in [0.29, 0.717) is 12.4 Å². The second-order valence-corrected chi connectivity index (χ2v) is 2.23. The van der Waals surface area contributed by atoms with E-state index in [4.69, 9.17) is 0 Å². The second-order valence-electron chi connectivity index (χ2n) is 2.23. The first-order chi connectivity index (χ1) is 6.33. The average Bonchev–Trinajstić information content (AvgIpc) is 2.16. The molecular weight excluding hydrogens is 168 g/mol. The molecule has 0 spiro atoms. The van der Waals surface area contributed by atoms with E-state index >= 15 is 0 Å². The van der Waals surface area contributed by atoms with Gasteiger partial charge >= 0.3 is 6.03 Å². The van der Waals surface area contributed by atoms with Gasteiger partial charge in [-0.05, 0) is 12.1 Å². The monoisotopic (exact) mass is 178 g/mol. The van der Waals surface area contributed by atoms with E-state index in [0.717, 1.165) is 0 Å². The highest BCUT2D eigenvalue weighted by atomic mass is 16.2. The van der Waals surface area contributed by atoms with E-state index in [2.05, 4.69) is 27.4 Å². The van der Waals surface area contributed by atoms with Gasteiger partial charge in [0.05, 0.1) is 0 Å². The van der Waals surface area contributed by atoms with Gasteiger partial charge in [0.15, 0.2) is 5.82 Å². The molecule has 0 aliphatic rings. The molecule has 0 aromatic carbocycles. The molecule has 1 rings (SSSR count). The first-order valence-corrected chi connectivity index (χ1v) is 3.76. The van der Waals surface area contributed by atoms with E-state index < -0.39 is 0 Å². The van der Waals surface area contributed by atoms with Gasteiger partial charge in [-0.15, -0.1) is 11.7 Å². The van der Waals surface area contributed by atoms with Gasteiger partial charge < -0.3 is 5.32 Å². The predicted octanol–water partition coefficient (Wildman–Crippen LogP) is 0.784. The average molecular weight is 178 g/mol. The highest BCUT2D eigenvalue weighted by Crippen LogP contribution is 1.96. The van der Waals surface area contributed by atoms with Crippen LogP contribution in [0.3, 0.4) is 0 Å². The third-order valence-electron chi connectivity index (χ3n) is 1.22. The molecule has 0 saturated heterocycles. The number of nitrogens with one attached hydrogen (secondary N) is 2. The topological polar surface area (TPSA) is 66.9 Å². The first kappa shape index (κ1) is 9.18. The predicted molar refractivity (Wildman–Crippen MR) is 49.3 cm³/mol. The Kier molecular flexibility index (Phi) is 3.44. The third kappa shape index (κ3) is 3.33. The van der Waals surface area contributed by atoms with Crippen LogP contribution in [0.5, 0.6) is 0 Å². The molecule has 5 nitrogen and oxygen atoms in total. The first-order valence-electron chi connectivity index (χ1n) is 3.76. The fourth-order valence-corrected chi connectivity index (χ4v) is 0.694. The lowest BCUT2D eigenvalue weighted by atomic mass is 10.5. The molecular formula is C8H10N4O. The Bertz CT molecular complexity index is 285. The van der Waals surface area contributed by atoms with Crippen molar-refractivity contribution in [3.8, 4) is 0 Å². The number of rotatable bonds is 3. The van der Waals surface area contributed by atoms with Crippen LogP contribution in [0.15, 0.2) is 31.0 Å². The molecule has 1 heterocycles. The Balaban J connectivity index is 2.41. The van der Waals surface area contributed by atoms with Crippen LogP contribution in [-0.2, 0) is 0 Å². The number of aromatic nitrogens is 2. The van der Waals surface area contributed by atoms with Crippen LogP contribution in [0.25, 0.3) is 0 Å². The lowest BCUT2D eigenvalue weighted by molar-refractivity contribution is 0.253. The highest BCUT2D eigenvalue weighted by molar-refractivity contribution is 5.88. The summed E-state index contributed by atoms with van der Waals surface area (Å²) in [5, 5.41) is 12.3. The van der Waals surface area contributed by atoms with Gasteiger partial charge in [0.25, 0.3) is 0 Å². The van der Waals surface area contributed by atoms with Crippen LogP contribution in [-0.4, -0.2) is 22.8 Å². The maximum absolute atomic E-state index is 11.0. The fraction of sp³-hybridized carbons (Fsp3) is 0.125. The molecule has 68 valence electrons. The van der Waals surface area contributed by atoms with E-state index in [9.17, 15) is 4.79 Å². The normalized spacial score (nSPS) is 8.92. The summed E-state index contributed by atoms with van der Waals surface area (Å²) in [6, 6.07) is 3.02. The van der Waals surface area contributed by atoms with Crippen LogP contribution < -0.4 is 10.6 Å². The summed E-state index contributed by atoms with van der Waals surface area (Å²) in [5.41, 5.74) is 0. The van der Waals surface area contributed by atoms with E-state index in [1.807, 2.05) is 0 Å². The zero-order valence-electron chi connectivity index (χ0n) is 7.03. The molecule has 0 saturated carbocycles. The van der Waals surface area contributed by atoms with Crippen molar-refractivity contribution in [2.24, 2.45) is 0 Å². The van der Waals surface area contributed by atoms with Gasteiger partial charge in [0.1, 0.15) is 0 Å². The fourth-order valence-electron chi connectivity index (χ4n) is 0.694. The van der Waals surface area contributed by atoms with Crippen molar-refractivity contribution >= 4 is 11.8 Å². The molecule has 0 bridgehead atoms. The largest absolute Gasteiger partial charge is 0.334 e. The molecule has 0 atom stereocenters. The van der Waals surface area contributed by atoms with Crippen molar-refractivity contribution < 1.29 is 4.79 Å². The Morgan fingerprint density at radius 3 is 3.15 bits per heavy atom. The van der Waals surface area contributed by atoms with Gasteiger partial charge in [-0.3, -0.25) is 5.32 Å². The van der Waals surface area contributed by atoms with E-state index in [1.54, 1.807) is 18.2 Å². The molecule has 13 heavy (non-hydrogen) atoms. The minimum absolute atomic E-state index is 0.319. The summed E-state index contributed by atoms with van der Waals surface area (Å²) in [6.07, 6.45) is 3.13. The molecule has 2 amide bonds. The van der Waals surface area contributed by atoms with Gasteiger partial charge in [-0.2, -0.15) is 5.10 Å². The lowest BCUT2D eigenvalue weighted by Gasteiger charge is -2.02. The highest BCUT2D eigenvalue weighted by Gasteiger charge is 1.99. The van der Waals surface area contributed by atoms with Crippen molar-refractivity contribution in [1.29, 1.82) is 0 Å². The standard InChI is InChI=1S/C8H10N4O/c1-2-5-9-8(13)11-7-4-3-6-10-12-7/h2-4,6H,1,5H2,(H2,9,11,12,13). The van der Waals surface area contributed by atoms with E-state index in [1.165, 1.54) is 6.20 Å². The molecule has 0 fully saturated rings. The summed E-state index contributed by atoms with van der Waals surface area (Å²) in [7, 11) is 0. The van der Waals surface area contributed by atoms with Gasteiger partial charge in [-0.1, -0.05) is 6.08 Å². The number of anilines is 1. The van der Waals surface area contributed by atoms with E-state index in [-0.39, 0.29) is 6.03 Å². The van der Waals surface area contributed by atoms with Crippen LogP contribution >= 0.6 is 0 Å². The summed E-state index contributed by atoms with van der Waals surface area (Å²) in [5.74, 6) is 0.420. The van der Waals surface area contributed by atoms with Gasteiger partial charge in [0.2, 0.25) is 0 Å². The number of urea groups is 1. The quantitative estimate of drug-likeness (QED) is 0.672. The number of hydrogen-bond acceptors (Lipinski definition) is 3. The van der Waals surface area contributed by atoms with Crippen molar-refractivity contribution in [1.82, 2.24) is 15.5 Å². The number of carbonyl (C=O) groups excluding carboxylic acids is 1. The second kappa shape index (κ2) is 4.87. The zero-order valence-corrected chi connectivity index (χ0v) is 7.03. The molecule has 0 aliphatic heterocycles. The zero-order chi connectivity index (χ0) is 9.52. The minimum Gasteiger partial charge on any atom is -0.334 e.